The third-order valence-electron chi connectivity index (χ3n) is 3.41. The molecule has 0 aliphatic heterocycles. The maximum atomic E-state index is 11.6. The molecule has 0 bridgehead atoms. The summed E-state index contributed by atoms with van der Waals surface area (Å²) in [4.78, 5) is 21.8. The molecule has 134 valence electrons. The third-order valence-corrected chi connectivity index (χ3v) is 3.41. The molecule has 26 heavy (non-hydrogen) atoms. The Kier molecular flexibility index (Phi) is 7.16. The van der Waals surface area contributed by atoms with E-state index in [2.05, 4.69) is 17.2 Å². The first-order valence-electron chi connectivity index (χ1n) is 7.91. The average molecular weight is 354 g/mol. The molecule has 7 heteroatoms. The Bertz CT molecular complexity index is 825. The second kappa shape index (κ2) is 9.81. The van der Waals surface area contributed by atoms with Gasteiger partial charge in [0.15, 0.2) is 0 Å². The maximum absolute atomic E-state index is 11.6. The van der Waals surface area contributed by atoms with Crippen LogP contribution in [0.5, 0.6) is 0 Å². The zero-order valence-corrected chi connectivity index (χ0v) is 14.0. The highest BCUT2D eigenvalue weighted by atomic mass is 16.6. The van der Waals surface area contributed by atoms with Gasteiger partial charge < -0.3 is 15.2 Å². The van der Waals surface area contributed by atoms with Gasteiger partial charge >= 0.3 is 6.09 Å². The van der Waals surface area contributed by atoms with E-state index in [9.17, 15) is 20.0 Å². The van der Waals surface area contributed by atoms with Crippen LogP contribution < -0.4 is 5.32 Å². The van der Waals surface area contributed by atoms with Gasteiger partial charge in [0.2, 0.25) is 0 Å². The van der Waals surface area contributed by atoms with Gasteiger partial charge in [-0.3, -0.25) is 10.1 Å². The molecule has 0 aliphatic carbocycles. The van der Waals surface area contributed by atoms with E-state index in [0.717, 1.165) is 5.56 Å². The Morgan fingerprint density at radius 1 is 1.23 bits per heavy atom. The summed E-state index contributed by atoms with van der Waals surface area (Å²) in [5.74, 6) is 5.70. The van der Waals surface area contributed by atoms with Gasteiger partial charge in [-0.2, -0.15) is 0 Å². The highest BCUT2D eigenvalue weighted by molar-refractivity contribution is 5.67. The lowest BCUT2D eigenvalue weighted by Gasteiger charge is -2.05. The van der Waals surface area contributed by atoms with Gasteiger partial charge in [-0.05, 0) is 17.7 Å². The van der Waals surface area contributed by atoms with Crippen LogP contribution in [0.25, 0.3) is 0 Å². The number of ether oxygens (including phenoxy) is 1. The number of rotatable bonds is 6. The predicted octanol–water partition coefficient (Wildman–Crippen LogP) is 2.76. The Morgan fingerprint density at radius 2 is 2.00 bits per heavy atom. The number of nitrogens with zero attached hydrogens (tertiary/aromatic N) is 1. The number of hydrogen-bond donors (Lipinski definition) is 2. The zero-order valence-electron chi connectivity index (χ0n) is 14.0. The minimum Gasteiger partial charge on any atom is -0.445 e. The van der Waals surface area contributed by atoms with E-state index in [0.29, 0.717) is 18.5 Å². The van der Waals surface area contributed by atoms with E-state index >= 15 is 0 Å². The maximum Gasteiger partial charge on any atom is 0.407 e. The molecule has 0 aromatic heterocycles. The summed E-state index contributed by atoms with van der Waals surface area (Å²) in [5, 5.41) is 22.6. The van der Waals surface area contributed by atoms with E-state index < -0.39 is 17.6 Å². The summed E-state index contributed by atoms with van der Waals surface area (Å²) in [6.45, 7) is 0.0895. The molecular weight excluding hydrogens is 336 g/mol. The Balaban J connectivity index is 1.76. The molecule has 0 radical (unpaired) electrons. The molecular formula is C19H18N2O5. The van der Waals surface area contributed by atoms with Crippen molar-refractivity contribution in [1.82, 2.24) is 5.32 Å². The Labute approximate surface area is 150 Å². The quantitative estimate of drug-likeness (QED) is 0.359. The second-order valence-electron chi connectivity index (χ2n) is 5.30. The van der Waals surface area contributed by atoms with Crippen LogP contribution in [0.3, 0.4) is 0 Å². The van der Waals surface area contributed by atoms with Crippen LogP contribution in [0.4, 0.5) is 10.5 Å². The smallest absolute Gasteiger partial charge is 0.407 e. The van der Waals surface area contributed by atoms with Crippen LogP contribution in [0.1, 0.15) is 23.1 Å². The molecule has 0 fully saturated rings. The van der Waals surface area contributed by atoms with Gasteiger partial charge in [0.1, 0.15) is 6.61 Å². The fourth-order valence-electron chi connectivity index (χ4n) is 2.13. The molecule has 2 N–H and O–H groups in total. The molecule has 0 atom stereocenters. The van der Waals surface area contributed by atoms with Gasteiger partial charge in [-0.15, -0.1) is 0 Å². The number of nitro benzene ring substituents is 1. The molecule has 0 saturated carbocycles. The molecule has 7 nitrogen and oxygen atoms in total. The number of nitrogens with one attached hydrogen (secondary N) is 1. The fraction of sp³-hybridized carbons (Fsp3) is 0.211. The van der Waals surface area contributed by atoms with Crippen molar-refractivity contribution in [2.45, 2.75) is 19.6 Å². The lowest BCUT2D eigenvalue weighted by atomic mass is 10.1. The standard InChI is InChI=1S/C19H18N2O5/c22-13-17-12-15(9-10-18(17)21(24)25)6-4-5-11-20-19(23)26-14-16-7-2-1-3-8-16/h1-3,7-10,12,22H,5,11,13-14H2,(H,20,23). The topological polar surface area (TPSA) is 102 Å². The van der Waals surface area contributed by atoms with E-state index in [1.807, 2.05) is 30.3 Å². The van der Waals surface area contributed by atoms with Crippen LogP contribution >= 0.6 is 0 Å². The number of carbonyl (C=O) groups is 1. The molecule has 0 unspecified atom stereocenters. The summed E-state index contributed by atoms with van der Waals surface area (Å²) in [6.07, 6.45) is -0.125. The highest BCUT2D eigenvalue weighted by Gasteiger charge is 2.12. The summed E-state index contributed by atoms with van der Waals surface area (Å²) in [6, 6.07) is 13.7. The molecule has 2 aromatic rings. The van der Waals surface area contributed by atoms with Gasteiger partial charge in [-0.25, -0.2) is 4.79 Å². The summed E-state index contributed by atoms with van der Waals surface area (Å²) in [5.41, 5.74) is 1.54. The lowest BCUT2D eigenvalue weighted by molar-refractivity contribution is -0.385. The minimum absolute atomic E-state index is 0.138. The predicted molar refractivity (Wildman–Crippen MR) is 95.1 cm³/mol. The normalized spacial score (nSPS) is 9.73. The number of benzene rings is 2. The summed E-state index contributed by atoms with van der Waals surface area (Å²) < 4.78 is 5.07. The van der Waals surface area contributed by atoms with Crippen LogP contribution in [0.15, 0.2) is 48.5 Å². The van der Waals surface area contributed by atoms with E-state index in [1.54, 1.807) is 0 Å². The summed E-state index contributed by atoms with van der Waals surface area (Å²) >= 11 is 0. The van der Waals surface area contributed by atoms with Crippen molar-refractivity contribution < 1.29 is 19.6 Å². The van der Waals surface area contributed by atoms with Gasteiger partial charge in [0.05, 0.1) is 17.1 Å². The minimum atomic E-state index is -0.548. The summed E-state index contributed by atoms with van der Waals surface area (Å²) in [7, 11) is 0. The number of hydrogen-bond acceptors (Lipinski definition) is 5. The van der Waals surface area contributed by atoms with E-state index in [4.69, 9.17) is 4.74 Å². The van der Waals surface area contributed by atoms with Crippen molar-refractivity contribution in [3.05, 3.63) is 75.3 Å². The Hall–Kier alpha value is -3.37. The Morgan fingerprint density at radius 3 is 2.69 bits per heavy atom. The lowest BCUT2D eigenvalue weighted by Crippen LogP contribution is -2.24. The molecule has 0 spiro atoms. The van der Waals surface area contributed by atoms with Crippen molar-refractivity contribution in [2.75, 3.05) is 6.54 Å². The van der Waals surface area contributed by atoms with Crippen molar-refractivity contribution in [3.63, 3.8) is 0 Å². The first-order valence-corrected chi connectivity index (χ1v) is 7.91. The first kappa shape index (κ1) is 19.0. The van der Waals surface area contributed by atoms with Gasteiger partial charge in [0, 0.05) is 24.6 Å². The van der Waals surface area contributed by atoms with Crippen LogP contribution in [-0.2, 0) is 18.0 Å². The number of amides is 1. The number of alkyl carbamates (subject to hydrolysis) is 1. The van der Waals surface area contributed by atoms with Crippen LogP contribution in [0.2, 0.25) is 0 Å². The first-order chi connectivity index (χ1) is 12.6. The van der Waals surface area contributed by atoms with Crippen LogP contribution in [0, 0.1) is 22.0 Å². The van der Waals surface area contributed by atoms with Gasteiger partial charge in [-0.1, -0.05) is 42.2 Å². The van der Waals surface area contributed by atoms with Crippen molar-refractivity contribution in [3.8, 4) is 11.8 Å². The molecule has 0 saturated heterocycles. The number of carbonyl (C=O) groups excluding carboxylic acids is 1. The third kappa shape index (κ3) is 5.92. The van der Waals surface area contributed by atoms with Crippen molar-refractivity contribution in [2.24, 2.45) is 0 Å². The van der Waals surface area contributed by atoms with Crippen LogP contribution in [-0.4, -0.2) is 22.7 Å². The molecule has 2 aromatic carbocycles. The van der Waals surface area contributed by atoms with Crippen molar-refractivity contribution >= 4 is 11.8 Å². The SMILES string of the molecule is O=C(NCCC#Cc1ccc([N+](=O)[O-])c(CO)c1)OCc1ccccc1. The van der Waals surface area contributed by atoms with E-state index in [1.165, 1.54) is 18.2 Å². The van der Waals surface area contributed by atoms with Gasteiger partial charge in [0.25, 0.3) is 5.69 Å². The monoisotopic (exact) mass is 354 g/mol. The zero-order chi connectivity index (χ0) is 18.8. The number of aliphatic hydroxyl groups is 1. The molecule has 2 rings (SSSR count). The molecule has 1 amide bonds. The highest BCUT2D eigenvalue weighted by Crippen LogP contribution is 2.19. The second-order valence-corrected chi connectivity index (χ2v) is 5.30. The number of nitro groups is 1. The average Bonchev–Trinajstić information content (AvgIpc) is 2.66. The molecule has 0 aliphatic rings. The molecule has 0 heterocycles. The van der Waals surface area contributed by atoms with E-state index in [-0.39, 0.29) is 17.9 Å². The fourth-order valence-corrected chi connectivity index (χ4v) is 2.13. The largest absolute Gasteiger partial charge is 0.445 e. The number of aliphatic hydroxyl groups excluding tert-OH is 1. The van der Waals surface area contributed by atoms with Crippen molar-refractivity contribution in [1.29, 1.82) is 0 Å².